The lowest BCUT2D eigenvalue weighted by Crippen LogP contribution is -2.23. The Morgan fingerprint density at radius 1 is 1.20 bits per heavy atom. The van der Waals surface area contributed by atoms with Crippen LogP contribution < -0.4 is 0 Å². The van der Waals surface area contributed by atoms with Crippen LogP contribution in [0.3, 0.4) is 0 Å². The van der Waals surface area contributed by atoms with Crippen molar-refractivity contribution < 1.29 is 19.4 Å². The molecule has 1 N–H and O–H groups in total. The van der Waals surface area contributed by atoms with E-state index in [1.54, 1.807) is 13.0 Å². The molecule has 0 radical (unpaired) electrons. The third kappa shape index (κ3) is 3.05. The highest BCUT2D eigenvalue weighted by molar-refractivity contribution is 5.86. The zero-order valence-electron chi connectivity index (χ0n) is 12.5. The topological polar surface area (TPSA) is 63.6 Å². The summed E-state index contributed by atoms with van der Waals surface area (Å²) in [6.45, 7) is 5.56. The van der Waals surface area contributed by atoms with Crippen LogP contribution in [-0.4, -0.2) is 23.1 Å². The molecular formula is C16H24O4. The van der Waals surface area contributed by atoms with Crippen molar-refractivity contribution in [2.45, 2.75) is 59.0 Å². The third-order valence-corrected chi connectivity index (χ3v) is 4.77. The first kappa shape index (κ1) is 15.1. The quantitative estimate of drug-likeness (QED) is 0.634. The lowest BCUT2D eigenvalue weighted by molar-refractivity contribution is -0.153. The fourth-order valence-corrected chi connectivity index (χ4v) is 3.20. The van der Waals surface area contributed by atoms with Crippen molar-refractivity contribution >= 4 is 11.9 Å². The van der Waals surface area contributed by atoms with Crippen molar-refractivity contribution in [2.75, 3.05) is 0 Å². The predicted octanol–water partition coefficient (Wildman–Crippen LogP) is 3.17. The van der Waals surface area contributed by atoms with Crippen LogP contribution in [-0.2, 0) is 14.3 Å². The lowest BCUT2D eigenvalue weighted by atomic mass is 9.98. The van der Waals surface area contributed by atoms with E-state index in [2.05, 4.69) is 0 Å². The first-order valence-corrected chi connectivity index (χ1v) is 7.46. The molecule has 2 unspecified atom stereocenters. The second-order valence-electron chi connectivity index (χ2n) is 6.68. The van der Waals surface area contributed by atoms with E-state index in [1.807, 2.05) is 13.8 Å². The molecule has 20 heavy (non-hydrogen) atoms. The second-order valence-corrected chi connectivity index (χ2v) is 6.68. The summed E-state index contributed by atoms with van der Waals surface area (Å²) >= 11 is 0. The maximum absolute atomic E-state index is 12.3. The number of carbonyl (C=O) groups excluding carboxylic acids is 1. The molecule has 2 rings (SSSR count). The number of carboxylic acids is 1. The van der Waals surface area contributed by atoms with Gasteiger partial charge in [-0.2, -0.15) is 0 Å². The number of carboxylic acid groups (broad SMARTS) is 1. The van der Waals surface area contributed by atoms with Crippen LogP contribution in [0, 0.1) is 17.3 Å². The van der Waals surface area contributed by atoms with E-state index in [4.69, 9.17) is 9.84 Å². The minimum atomic E-state index is -0.924. The molecular weight excluding hydrogens is 256 g/mol. The Morgan fingerprint density at radius 2 is 1.80 bits per heavy atom. The number of hydrogen-bond donors (Lipinski definition) is 1. The normalized spacial score (nSPS) is 29.9. The van der Waals surface area contributed by atoms with Crippen molar-refractivity contribution in [3.63, 3.8) is 0 Å². The van der Waals surface area contributed by atoms with Gasteiger partial charge in [-0.05, 0) is 43.9 Å². The van der Waals surface area contributed by atoms with Crippen molar-refractivity contribution in [3.05, 3.63) is 11.6 Å². The van der Waals surface area contributed by atoms with Gasteiger partial charge >= 0.3 is 11.9 Å². The first-order valence-electron chi connectivity index (χ1n) is 7.46. The largest absolute Gasteiger partial charge is 0.478 e. The molecule has 0 heterocycles. The fraction of sp³-hybridized carbons (Fsp3) is 0.750. The molecule has 0 amide bonds. The predicted molar refractivity (Wildman–Crippen MR) is 75.1 cm³/mol. The fourth-order valence-electron chi connectivity index (χ4n) is 3.20. The van der Waals surface area contributed by atoms with Gasteiger partial charge in [-0.15, -0.1) is 0 Å². The van der Waals surface area contributed by atoms with E-state index in [0.717, 1.165) is 25.7 Å². The second kappa shape index (κ2) is 5.58. The number of aliphatic carboxylic acids is 1. The summed E-state index contributed by atoms with van der Waals surface area (Å²) < 4.78 is 5.61. The highest BCUT2D eigenvalue weighted by atomic mass is 16.5. The monoisotopic (exact) mass is 280 g/mol. The van der Waals surface area contributed by atoms with Gasteiger partial charge in [0.25, 0.3) is 0 Å². The molecule has 0 saturated heterocycles. The van der Waals surface area contributed by atoms with E-state index in [0.29, 0.717) is 5.57 Å². The summed E-state index contributed by atoms with van der Waals surface area (Å²) in [7, 11) is 0. The maximum Gasteiger partial charge on any atom is 0.330 e. The van der Waals surface area contributed by atoms with Gasteiger partial charge in [-0.3, -0.25) is 4.79 Å². The Balaban J connectivity index is 1.96. The standard InChI is InChI=1S/C16H24O4/c1-10(14(17)18)9-12-13(16(12,2)3)15(19)20-11-7-5-4-6-8-11/h9,11-13H,4-8H2,1-3H3,(H,17,18). The van der Waals surface area contributed by atoms with Crippen molar-refractivity contribution in [1.82, 2.24) is 0 Å². The van der Waals surface area contributed by atoms with E-state index < -0.39 is 5.97 Å². The summed E-state index contributed by atoms with van der Waals surface area (Å²) in [4.78, 5) is 23.1. The third-order valence-electron chi connectivity index (χ3n) is 4.77. The van der Waals surface area contributed by atoms with Gasteiger partial charge in [0.15, 0.2) is 0 Å². The Hall–Kier alpha value is -1.32. The summed E-state index contributed by atoms with van der Waals surface area (Å²) in [5.41, 5.74) is 0.110. The van der Waals surface area contributed by atoms with E-state index >= 15 is 0 Å². The van der Waals surface area contributed by atoms with Crippen molar-refractivity contribution in [3.8, 4) is 0 Å². The summed E-state index contributed by atoms with van der Waals surface area (Å²) in [6, 6.07) is 0. The van der Waals surface area contributed by atoms with Crippen LogP contribution in [0.1, 0.15) is 52.9 Å². The van der Waals surface area contributed by atoms with Crippen LogP contribution in [0.25, 0.3) is 0 Å². The van der Waals surface area contributed by atoms with Crippen LogP contribution in [0.5, 0.6) is 0 Å². The van der Waals surface area contributed by atoms with Crippen LogP contribution in [0.2, 0.25) is 0 Å². The number of ether oxygens (including phenoxy) is 1. The Labute approximate surface area is 120 Å². The van der Waals surface area contributed by atoms with Gasteiger partial charge in [-0.1, -0.05) is 26.3 Å². The Morgan fingerprint density at radius 3 is 2.35 bits per heavy atom. The van der Waals surface area contributed by atoms with E-state index in [-0.39, 0.29) is 29.3 Å². The van der Waals surface area contributed by atoms with Gasteiger partial charge in [0.1, 0.15) is 6.10 Å². The average Bonchev–Trinajstić information content (AvgIpc) is 2.91. The first-order chi connectivity index (χ1) is 9.34. The lowest BCUT2D eigenvalue weighted by Gasteiger charge is -2.22. The molecule has 2 fully saturated rings. The smallest absolute Gasteiger partial charge is 0.330 e. The Kier molecular flexibility index (Phi) is 4.21. The highest BCUT2D eigenvalue weighted by Crippen LogP contribution is 2.60. The SMILES string of the molecule is CC(=CC1C(C(=O)OC2CCCCC2)C1(C)C)C(=O)O. The number of hydrogen-bond acceptors (Lipinski definition) is 3. The zero-order valence-corrected chi connectivity index (χ0v) is 12.5. The van der Waals surface area contributed by atoms with Crippen LogP contribution in [0.15, 0.2) is 11.6 Å². The summed E-state index contributed by atoms with van der Waals surface area (Å²) in [5, 5.41) is 8.93. The number of esters is 1. The zero-order chi connectivity index (χ0) is 14.9. The number of carbonyl (C=O) groups is 2. The maximum atomic E-state index is 12.3. The molecule has 0 aliphatic heterocycles. The number of allylic oxidation sites excluding steroid dienone is 1. The summed E-state index contributed by atoms with van der Waals surface area (Å²) in [5.74, 6) is -1.29. The minimum absolute atomic E-state index is 0.0188. The summed E-state index contributed by atoms with van der Waals surface area (Å²) in [6.07, 6.45) is 7.20. The highest BCUT2D eigenvalue weighted by Gasteiger charge is 2.61. The molecule has 4 nitrogen and oxygen atoms in total. The molecule has 0 aromatic rings. The number of rotatable bonds is 4. The molecule has 0 aromatic heterocycles. The van der Waals surface area contributed by atoms with Crippen molar-refractivity contribution in [2.24, 2.45) is 17.3 Å². The van der Waals surface area contributed by atoms with Crippen molar-refractivity contribution in [1.29, 1.82) is 0 Å². The van der Waals surface area contributed by atoms with Gasteiger partial charge in [0.2, 0.25) is 0 Å². The van der Waals surface area contributed by atoms with E-state index in [9.17, 15) is 9.59 Å². The average molecular weight is 280 g/mol. The molecule has 112 valence electrons. The van der Waals surface area contributed by atoms with Gasteiger partial charge in [0, 0.05) is 5.57 Å². The molecule has 2 atom stereocenters. The van der Waals surface area contributed by atoms with Gasteiger partial charge in [-0.25, -0.2) is 4.79 Å². The molecule has 2 saturated carbocycles. The molecule has 0 aromatic carbocycles. The van der Waals surface area contributed by atoms with Crippen LogP contribution in [0.4, 0.5) is 0 Å². The molecule has 2 aliphatic rings. The van der Waals surface area contributed by atoms with Gasteiger partial charge < -0.3 is 9.84 Å². The minimum Gasteiger partial charge on any atom is -0.478 e. The molecule has 0 bridgehead atoms. The Bertz CT molecular complexity index is 430. The molecule has 0 spiro atoms. The van der Waals surface area contributed by atoms with Crippen LogP contribution >= 0.6 is 0 Å². The van der Waals surface area contributed by atoms with E-state index in [1.165, 1.54) is 6.42 Å². The van der Waals surface area contributed by atoms with Gasteiger partial charge in [0.05, 0.1) is 5.92 Å². The molecule has 4 heteroatoms. The molecule has 2 aliphatic carbocycles.